The number of esters is 1. The molecule has 0 atom stereocenters. The third-order valence-electron chi connectivity index (χ3n) is 5.62. The van der Waals surface area contributed by atoms with Gasteiger partial charge in [0.2, 0.25) is 0 Å². The van der Waals surface area contributed by atoms with Crippen LogP contribution in [-0.2, 0) is 22.5 Å². The number of benzene rings is 2. The fourth-order valence-electron chi connectivity index (χ4n) is 3.88. The van der Waals surface area contributed by atoms with Crippen molar-refractivity contribution >= 4 is 11.9 Å². The van der Waals surface area contributed by atoms with Crippen molar-refractivity contribution in [3.63, 3.8) is 0 Å². The monoisotopic (exact) mass is 408 g/mol. The number of nitrogens with one attached hydrogen (secondary N) is 1. The Morgan fingerprint density at radius 2 is 1.77 bits per heavy atom. The Bertz CT molecular complexity index is 814. The second kappa shape index (κ2) is 11.5. The summed E-state index contributed by atoms with van der Waals surface area (Å²) in [5.74, 6) is 0.277. The smallest absolute Gasteiger partial charge is 0.306 e. The molecule has 5 heteroatoms. The molecule has 0 bridgehead atoms. The molecule has 2 aromatic carbocycles. The van der Waals surface area contributed by atoms with Crippen LogP contribution in [0.5, 0.6) is 0 Å². The number of amides is 1. The number of carbonyl (C=O) groups excluding carboxylic acids is 2. The first-order valence-corrected chi connectivity index (χ1v) is 10.9. The quantitative estimate of drug-likeness (QED) is 0.641. The standard InChI is InChI=1S/C25H32N2O3/c1-2-30-24(28)12-11-20-9-6-10-23(17-20)25(29)26-18-21-13-15-27(16-14-21)19-22-7-4-3-5-8-22/h3-10,17,21H,2,11-16,18-19H2,1H3,(H,26,29). The van der Waals surface area contributed by atoms with E-state index in [1.807, 2.05) is 24.3 Å². The van der Waals surface area contributed by atoms with Crippen LogP contribution in [0.3, 0.4) is 0 Å². The van der Waals surface area contributed by atoms with Crippen LogP contribution >= 0.6 is 0 Å². The summed E-state index contributed by atoms with van der Waals surface area (Å²) in [5.41, 5.74) is 2.98. The van der Waals surface area contributed by atoms with Crippen LogP contribution in [0.1, 0.15) is 47.7 Å². The maximum atomic E-state index is 12.6. The van der Waals surface area contributed by atoms with Gasteiger partial charge in [-0.05, 0) is 68.5 Å². The Morgan fingerprint density at radius 1 is 1.03 bits per heavy atom. The summed E-state index contributed by atoms with van der Waals surface area (Å²) >= 11 is 0. The summed E-state index contributed by atoms with van der Waals surface area (Å²) in [5, 5.41) is 3.10. The average molecular weight is 409 g/mol. The van der Waals surface area contributed by atoms with Gasteiger partial charge in [-0.2, -0.15) is 0 Å². The van der Waals surface area contributed by atoms with Gasteiger partial charge < -0.3 is 10.1 Å². The molecule has 2 aromatic rings. The van der Waals surface area contributed by atoms with E-state index in [1.165, 1.54) is 5.56 Å². The molecule has 1 heterocycles. The first-order chi connectivity index (χ1) is 14.6. The minimum Gasteiger partial charge on any atom is -0.466 e. The van der Waals surface area contributed by atoms with Crippen LogP contribution in [0, 0.1) is 5.92 Å². The van der Waals surface area contributed by atoms with E-state index in [0.29, 0.717) is 37.5 Å². The lowest BCUT2D eigenvalue weighted by Gasteiger charge is -2.32. The van der Waals surface area contributed by atoms with Crippen molar-refractivity contribution in [2.24, 2.45) is 5.92 Å². The molecule has 30 heavy (non-hydrogen) atoms. The number of hydrogen-bond acceptors (Lipinski definition) is 4. The molecule has 5 nitrogen and oxygen atoms in total. The van der Waals surface area contributed by atoms with Crippen molar-refractivity contribution in [3.05, 3.63) is 71.3 Å². The summed E-state index contributed by atoms with van der Waals surface area (Å²) in [6.45, 7) is 6.05. The lowest BCUT2D eigenvalue weighted by atomic mass is 9.96. The van der Waals surface area contributed by atoms with Crippen molar-refractivity contribution in [1.82, 2.24) is 10.2 Å². The normalized spacial score (nSPS) is 15.0. The van der Waals surface area contributed by atoms with Gasteiger partial charge >= 0.3 is 5.97 Å². The summed E-state index contributed by atoms with van der Waals surface area (Å²) < 4.78 is 4.97. The molecular weight excluding hydrogens is 376 g/mol. The average Bonchev–Trinajstić information content (AvgIpc) is 2.78. The molecule has 1 amide bonds. The van der Waals surface area contributed by atoms with Gasteiger partial charge in [0, 0.05) is 25.1 Å². The third-order valence-corrected chi connectivity index (χ3v) is 5.62. The molecule has 0 unspecified atom stereocenters. The van der Waals surface area contributed by atoms with Crippen LogP contribution in [0.2, 0.25) is 0 Å². The number of rotatable bonds is 9. The van der Waals surface area contributed by atoms with Gasteiger partial charge in [0.15, 0.2) is 0 Å². The Hall–Kier alpha value is -2.66. The molecule has 1 N–H and O–H groups in total. The van der Waals surface area contributed by atoms with Crippen LogP contribution in [0.15, 0.2) is 54.6 Å². The van der Waals surface area contributed by atoms with E-state index >= 15 is 0 Å². The van der Waals surface area contributed by atoms with Gasteiger partial charge in [0.1, 0.15) is 0 Å². The minimum atomic E-state index is -0.203. The molecule has 1 fully saturated rings. The van der Waals surface area contributed by atoms with Gasteiger partial charge in [0.25, 0.3) is 5.91 Å². The number of carbonyl (C=O) groups is 2. The number of aryl methyl sites for hydroxylation is 1. The predicted octanol–water partition coefficient (Wildman–Crippen LogP) is 3.82. The molecule has 0 saturated carbocycles. The first kappa shape index (κ1) is 22.0. The fraction of sp³-hybridized carbons (Fsp3) is 0.440. The fourth-order valence-corrected chi connectivity index (χ4v) is 3.88. The summed E-state index contributed by atoms with van der Waals surface area (Å²) in [6.07, 6.45) is 3.12. The molecule has 160 valence electrons. The third kappa shape index (κ3) is 6.99. The lowest BCUT2D eigenvalue weighted by molar-refractivity contribution is -0.143. The van der Waals surface area contributed by atoms with Crippen molar-refractivity contribution < 1.29 is 14.3 Å². The Balaban J connectivity index is 1.40. The Labute approximate surface area is 179 Å². The van der Waals surface area contributed by atoms with Gasteiger partial charge in [0.05, 0.1) is 6.61 Å². The zero-order valence-electron chi connectivity index (χ0n) is 17.8. The molecule has 1 aliphatic heterocycles. The van der Waals surface area contributed by atoms with Crippen LogP contribution < -0.4 is 5.32 Å². The number of piperidine rings is 1. The van der Waals surface area contributed by atoms with E-state index in [4.69, 9.17) is 4.74 Å². The molecular formula is C25H32N2O3. The summed E-state index contributed by atoms with van der Waals surface area (Å²) in [6, 6.07) is 18.1. The zero-order valence-corrected chi connectivity index (χ0v) is 17.8. The first-order valence-electron chi connectivity index (χ1n) is 10.9. The van der Waals surface area contributed by atoms with Crippen molar-refractivity contribution in [1.29, 1.82) is 0 Å². The highest BCUT2D eigenvalue weighted by Gasteiger charge is 2.20. The Morgan fingerprint density at radius 3 is 2.50 bits per heavy atom. The van der Waals surface area contributed by atoms with Gasteiger partial charge in [-0.3, -0.25) is 14.5 Å². The molecule has 0 aliphatic carbocycles. The Kier molecular flexibility index (Phi) is 8.45. The number of hydrogen-bond donors (Lipinski definition) is 1. The van der Waals surface area contributed by atoms with Crippen molar-refractivity contribution in [2.45, 2.75) is 39.2 Å². The summed E-state index contributed by atoms with van der Waals surface area (Å²) in [4.78, 5) is 26.6. The molecule has 0 radical (unpaired) electrons. The molecule has 1 aliphatic rings. The maximum absolute atomic E-state index is 12.6. The minimum absolute atomic E-state index is 0.0419. The predicted molar refractivity (Wildman–Crippen MR) is 118 cm³/mol. The molecule has 1 saturated heterocycles. The van der Waals surface area contributed by atoms with E-state index in [2.05, 4.69) is 40.5 Å². The molecule has 0 aromatic heterocycles. The van der Waals surface area contributed by atoms with Gasteiger partial charge in [-0.15, -0.1) is 0 Å². The van der Waals surface area contributed by atoms with Crippen molar-refractivity contribution in [3.8, 4) is 0 Å². The number of ether oxygens (including phenoxy) is 1. The molecule has 0 spiro atoms. The second-order valence-corrected chi connectivity index (χ2v) is 7.92. The molecule has 3 rings (SSSR count). The van der Waals surface area contributed by atoms with E-state index in [0.717, 1.165) is 38.0 Å². The number of likely N-dealkylation sites (tertiary alicyclic amines) is 1. The van der Waals surface area contributed by atoms with Gasteiger partial charge in [-0.1, -0.05) is 42.5 Å². The highest BCUT2D eigenvalue weighted by Crippen LogP contribution is 2.18. The second-order valence-electron chi connectivity index (χ2n) is 7.92. The lowest BCUT2D eigenvalue weighted by Crippen LogP contribution is -2.38. The zero-order chi connectivity index (χ0) is 21.2. The largest absolute Gasteiger partial charge is 0.466 e. The van der Waals surface area contributed by atoms with Crippen LogP contribution in [0.25, 0.3) is 0 Å². The number of nitrogens with zero attached hydrogens (tertiary/aromatic N) is 1. The highest BCUT2D eigenvalue weighted by atomic mass is 16.5. The topological polar surface area (TPSA) is 58.6 Å². The highest BCUT2D eigenvalue weighted by molar-refractivity contribution is 5.94. The van der Waals surface area contributed by atoms with Crippen LogP contribution in [0.4, 0.5) is 0 Å². The van der Waals surface area contributed by atoms with E-state index in [-0.39, 0.29) is 11.9 Å². The summed E-state index contributed by atoms with van der Waals surface area (Å²) in [7, 11) is 0. The van der Waals surface area contributed by atoms with Gasteiger partial charge in [-0.25, -0.2) is 0 Å². The van der Waals surface area contributed by atoms with E-state index in [1.54, 1.807) is 6.92 Å². The van der Waals surface area contributed by atoms with Crippen LogP contribution in [-0.4, -0.2) is 43.0 Å². The van der Waals surface area contributed by atoms with E-state index < -0.39 is 0 Å². The maximum Gasteiger partial charge on any atom is 0.306 e. The SMILES string of the molecule is CCOC(=O)CCc1cccc(C(=O)NCC2CCN(Cc3ccccc3)CC2)c1. The van der Waals surface area contributed by atoms with Crippen molar-refractivity contribution in [2.75, 3.05) is 26.2 Å². The van der Waals surface area contributed by atoms with E-state index in [9.17, 15) is 9.59 Å².